The minimum absolute atomic E-state index is 0.00534. The molecule has 0 bridgehead atoms. The van der Waals surface area contributed by atoms with Gasteiger partial charge in [-0.2, -0.15) is 0 Å². The molecule has 3 rings (SSSR count). The molecule has 0 heterocycles. The lowest BCUT2D eigenvalue weighted by molar-refractivity contribution is -0.118. The molecule has 9 heteroatoms. The lowest BCUT2D eigenvalue weighted by atomic mass is 10.2. The molecule has 0 atom stereocenters. The third kappa shape index (κ3) is 5.65. The quantitative estimate of drug-likeness (QED) is 0.266. The van der Waals surface area contributed by atoms with E-state index >= 15 is 0 Å². The number of benzene rings is 3. The van der Waals surface area contributed by atoms with E-state index in [1.165, 1.54) is 0 Å². The number of ether oxygens (including phenoxy) is 2. The summed E-state index contributed by atoms with van der Waals surface area (Å²) in [6.07, 6.45) is 0. The Balaban J connectivity index is 1.55. The number of carbonyl (C=O) groups is 1. The van der Waals surface area contributed by atoms with Gasteiger partial charge in [0.15, 0.2) is 12.4 Å². The smallest absolute Gasteiger partial charge is 0.262 e. The summed E-state index contributed by atoms with van der Waals surface area (Å²) < 4.78 is 11.1. The Hall–Kier alpha value is -1.82. The molecule has 1 amide bonds. The summed E-state index contributed by atoms with van der Waals surface area (Å²) in [5.74, 6) is 0.233. The molecular formula is C21H14Cl5NO3. The Morgan fingerprint density at radius 3 is 1.90 bits per heavy atom. The van der Waals surface area contributed by atoms with Crippen LogP contribution in [-0.2, 0) is 11.4 Å². The van der Waals surface area contributed by atoms with Gasteiger partial charge in [-0.25, -0.2) is 0 Å². The first-order valence-electron chi connectivity index (χ1n) is 8.57. The standard InChI is InChI=1S/C21H14Cl5NO3/c22-16-17(23)19(25)21(20(26)18(16)24)30-11-15(28)27-13-6-8-14(9-7-13)29-10-12-4-2-1-3-5-12/h1-9H,10-11H2,(H,27,28). The Morgan fingerprint density at radius 2 is 1.30 bits per heavy atom. The maximum atomic E-state index is 12.2. The number of halogens is 5. The van der Waals surface area contributed by atoms with Crippen LogP contribution in [0.2, 0.25) is 25.1 Å². The zero-order chi connectivity index (χ0) is 21.7. The van der Waals surface area contributed by atoms with Gasteiger partial charge < -0.3 is 14.8 Å². The molecule has 0 saturated carbocycles. The van der Waals surface area contributed by atoms with Gasteiger partial charge in [0.1, 0.15) is 22.4 Å². The van der Waals surface area contributed by atoms with Crippen LogP contribution in [0.4, 0.5) is 5.69 Å². The third-order valence-electron chi connectivity index (χ3n) is 3.90. The van der Waals surface area contributed by atoms with E-state index in [1.54, 1.807) is 24.3 Å². The average Bonchev–Trinajstić information content (AvgIpc) is 2.76. The summed E-state index contributed by atoms with van der Waals surface area (Å²) >= 11 is 30.1. The second-order valence-corrected chi connectivity index (χ2v) is 7.92. The SMILES string of the molecule is O=C(COc1c(Cl)c(Cl)c(Cl)c(Cl)c1Cl)Nc1ccc(OCc2ccccc2)cc1. The number of nitrogens with one attached hydrogen (secondary N) is 1. The maximum Gasteiger partial charge on any atom is 0.262 e. The molecule has 0 fully saturated rings. The number of hydrogen-bond donors (Lipinski definition) is 1. The van der Waals surface area contributed by atoms with Crippen LogP contribution < -0.4 is 14.8 Å². The fraction of sp³-hybridized carbons (Fsp3) is 0.0952. The molecule has 156 valence electrons. The van der Waals surface area contributed by atoms with Crippen LogP contribution in [0.3, 0.4) is 0 Å². The van der Waals surface area contributed by atoms with Gasteiger partial charge in [-0.3, -0.25) is 4.79 Å². The molecule has 3 aromatic rings. The zero-order valence-electron chi connectivity index (χ0n) is 15.2. The van der Waals surface area contributed by atoms with Crippen LogP contribution in [0.25, 0.3) is 0 Å². The van der Waals surface area contributed by atoms with E-state index < -0.39 is 5.91 Å². The largest absolute Gasteiger partial charge is 0.489 e. The van der Waals surface area contributed by atoms with E-state index in [-0.39, 0.29) is 37.5 Å². The van der Waals surface area contributed by atoms with Gasteiger partial charge >= 0.3 is 0 Å². The highest BCUT2D eigenvalue weighted by Crippen LogP contribution is 2.48. The summed E-state index contributed by atoms with van der Waals surface area (Å²) in [7, 11) is 0. The van der Waals surface area contributed by atoms with E-state index in [0.717, 1.165) is 5.56 Å². The van der Waals surface area contributed by atoms with Crippen LogP contribution in [0, 0.1) is 0 Å². The minimum atomic E-state index is -0.428. The van der Waals surface area contributed by atoms with Gasteiger partial charge in [-0.15, -0.1) is 0 Å². The van der Waals surface area contributed by atoms with Crippen LogP contribution in [0.5, 0.6) is 11.5 Å². The average molecular weight is 506 g/mol. The number of hydrogen-bond acceptors (Lipinski definition) is 3. The summed E-state index contributed by atoms with van der Waals surface area (Å²) in [6, 6.07) is 16.8. The van der Waals surface area contributed by atoms with Crippen LogP contribution in [0.15, 0.2) is 54.6 Å². The minimum Gasteiger partial charge on any atom is -0.489 e. The number of anilines is 1. The highest BCUT2D eigenvalue weighted by molar-refractivity contribution is 6.55. The van der Waals surface area contributed by atoms with E-state index in [4.69, 9.17) is 67.5 Å². The number of rotatable bonds is 7. The van der Waals surface area contributed by atoms with Crippen LogP contribution in [0.1, 0.15) is 5.56 Å². The predicted octanol–water partition coefficient (Wildman–Crippen LogP) is 7.55. The highest BCUT2D eigenvalue weighted by atomic mass is 35.5. The molecule has 0 spiro atoms. The Kier molecular flexibility index (Phi) is 7.98. The summed E-state index contributed by atoms with van der Waals surface area (Å²) in [5.41, 5.74) is 1.63. The highest BCUT2D eigenvalue weighted by Gasteiger charge is 2.21. The van der Waals surface area contributed by atoms with Crippen molar-refractivity contribution in [2.45, 2.75) is 6.61 Å². The van der Waals surface area contributed by atoms with Crippen molar-refractivity contribution in [2.75, 3.05) is 11.9 Å². The third-order valence-corrected chi connectivity index (χ3v) is 6.15. The van der Waals surface area contributed by atoms with Gasteiger partial charge in [0.05, 0.1) is 15.1 Å². The van der Waals surface area contributed by atoms with E-state index in [2.05, 4.69) is 5.32 Å². The molecule has 0 aliphatic carbocycles. The van der Waals surface area contributed by atoms with Gasteiger partial charge in [0.2, 0.25) is 0 Å². The van der Waals surface area contributed by atoms with Gasteiger partial charge in [-0.05, 0) is 29.8 Å². The fourth-order valence-corrected chi connectivity index (χ4v) is 3.65. The number of amides is 1. The van der Waals surface area contributed by atoms with Gasteiger partial charge in [-0.1, -0.05) is 88.3 Å². The number of carbonyl (C=O) groups excluding carboxylic acids is 1. The molecule has 3 aromatic carbocycles. The first kappa shape index (κ1) is 22.9. The van der Waals surface area contributed by atoms with Crippen molar-refractivity contribution in [1.82, 2.24) is 0 Å². The molecule has 0 aliphatic rings. The Labute approximate surface area is 198 Å². The maximum absolute atomic E-state index is 12.2. The molecule has 4 nitrogen and oxygen atoms in total. The predicted molar refractivity (Wildman–Crippen MR) is 123 cm³/mol. The Morgan fingerprint density at radius 1 is 0.733 bits per heavy atom. The van der Waals surface area contributed by atoms with Crippen molar-refractivity contribution in [3.05, 3.63) is 85.3 Å². The first-order valence-corrected chi connectivity index (χ1v) is 10.5. The van der Waals surface area contributed by atoms with E-state index in [9.17, 15) is 4.79 Å². The lowest BCUT2D eigenvalue weighted by Crippen LogP contribution is -2.20. The first-order chi connectivity index (χ1) is 14.4. The molecule has 30 heavy (non-hydrogen) atoms. The van der Waals surface area contributed by atoms with Crippen molar-refractivity contribution in [3.63, 3.8) is 0 Å². The van der Waals surface area contributed by atoms with E-state index in [0.29, 0.717) is 18.0 Å². The van der Waals surface area contributed by atoms with E-state index in [1.807, 2.05) is 30.3 Å². The topological polar surface area (TPSA) is 47.6 Å². The van der Waals surface area contributed by atoms with Crippen molar-refractivity contribution < 1.29 is 14.3 Å². The molecular weight excluding hydrogens is 492 g/mol. The second-order valence-electron chi connectivity index (χ2n) is 6.03. The van der Waals surface area contributed by atoms with Crippen molar-refractivity contribution in [3.8, 4) is 11.5 Å². The van der Waals surface area contributed by atoms with Gasteiger partial charge in [0.25, 0.3) is 5.91 Å². The summed E-state index contributed by atoms with van der Waals surface area (Å²) in [4.78, 5) is 12.2. The lowest BCUT2D eigenvalue weighted by Gasteiger charge is -2.14. The monoisotopic (exact) mass is 503 g/mol. The van der Waals surface area contributed by atoms with Gasteiger partial charge in [0, 0.05) is 5.69 Å². The fourth-order valence-electron chi connectivity index (χ4n) is 2.42. The molecule has 1 N–H and O–H groups in total. The second kappa shape index (κ2) is 10.5. The van der Waals surface area contributed by atoms with Crippen LogP contribution in [-0.4, -0.2) is 12.5 Å². The van der Waals surface area contributed by atoms with Crippen LogP contribution >= 0.6 is 58.0 Å². The summed E-state index contributed by atoms with van der Waals surface area (Å²) in [5, 5.41) is 2.65. The molecule has 0 unspecified atom stereocenters. The molecule has 0 aliphatic heterocycles. The molecule has 0 radical (unpaired) electrons. The van der Waals surface area contributed by atoms with Crippen molar-refractivity contribution in [2.24, 2.45) is 0 Å². The normalized spacial score (nSPS) is 10.6. The summed E-state index contributed by atoms with van der Waals surface area (Å²) in [6.45, 7) is 0.0914. The van der Waals surface area contributed by atoms with Crippen molar-refractivity contribution in [1.29, 1.82) is 0 Å². The van der Waals surface area contributed by atoms with Crippen molar-refractivity contribution >= 4 is 69.6 Å². The Bertz CT molecular complexity index is 1010. The molecule has 0 aromatic heterocycles. The molecule has 0 saturated heterocycles. The zero-order valence-corrected chi connectivity index (χ0v) is 19.0.